The molecule has 0 radical (unpaired) electrons. The van der Waals surface area contributed by atoms with Gasteiger partial charge in [0, 0.05) is 26.7 Å². The first-order valence-corrected chi connectivity index (χ1v) is 6.76. The van der Waals surface area contributed by atoms with Crippen LogP contribution in [0.1, 0.15) is 4.88 Å². The van der Waals surface area contributed by atoms with Crippen molar-refractivity contribution in [2.75, 3.05) is 5.32 Å². The summed E-state index contributed by atoms with van der Waals surface area (Å²) in [4.78, 5) is 12.7. The fourth-order valence-electron chi connectivity index (χ4n) is 1.35. The van der Waals surface area contributed by atoms with Gasteiger partial charge >= 0.3 is 0 Å². The molecule has 1 heterocycles. The second-order valence-corrected chi connectivity index (χ2v) is 5.35. The number of halogens is 2. The van der Waals surface area contributed by atoms with Crippen LogP contribution in [0.3, 0.4) is 0 Å². The van der Waals surface area contributed by atoms with Crippen molar-refractivity contribution in [1.29, 1.82) is 0 Å². The summed E-state index contributed by atoms with van der Waals surface area (Å²) < 4.78 is 0. The number of carbonyl (C=O) groups excluding carboxylic acids is 1. The highest BCUT2D eigenvalue weighted by Gasteiger charge is 2.01. The lowest BCUT2D eigenvalue weighted by Gasteiger charge is -2.03. The van der Waals surface area contributed by atoms with Crippen LogP contribution in [0.5, 0.6) is 0 Å². The predicted molar refractivity (Wildman–Crippen MR) is 78.4 cm³/mol. The minimum absolute atomic E-state index is 0.221. The van der Waals surface area contributed by atoms with Gasteiger partial charge in [0.15, 0.2) is 0 Å². The molecule has 2 nitrogen and oxygen atoms in total. The summed E-state index contributed by atoms with van der Waals surface area (Å²) >= 11 is 13.2. The number of anilines is 1. The second kappa shape index (κ2) is 6.05. The molecule has 2 rings (SSSR count). The van der Waals surface area contributed by atoms with Crippen molar-refractivity contribution >= 4 is 52.2 Å². The smallest absolute Gasteiger partial charge is 0.248 e. The molecule has 2 aromatic rings. The maximum Gasteiger partial charge on any atom is 0.248 e. The molecular weight excluding hydrogens is 289 g/mol. The highest BCUT2D eigenvalue weighted by molar-refractivity contribution is 7.10. The lowest BCUT2D eigenvalue weighted by molar-refractivity contribution is -0.111. The standard InChI is InChI=1S/C13H9Cl2NOS/c14-9-6-10(15)8-11(7-9)16-13(17)4-3-12-2-1-5-18-12/h1-8H,(H,16,17)/b4-3+. The lowest BCUT2D eigenvalue weighted by atomic mass is 10.3. The van der Waals surface area contributed by atoms with Gasteiger partial charge in [-0.15, -0.1) is 11.3 Å². The van der Waals surface area contributed by atoms with E-state index in [9.17, 15) is 4.79 Å². The summed E-state index contributed by atoms with van der Waals surface area (Å²) in [7, 11) is 0. The van der Waals surface area contributed by atoms with Gasteiger partial charge in [-0.2, -0.15) is 0 Å². The van der Waals surface area contributed by atoms with Gasteiger partial charge in [0.05, 0.1) is 0 Å². The van der Waals surface area contributed by atoms with Crippen LogP contribution in [-0.4, -0.2) is 5.91 Å². The van der Waals surface area contributed by atoms with Crippen molar-refractivity contribution in [2.45, 2.75) is 0 Å². The first-order chi connectivity index (χ1) is 8.63. The Morgan fingerprint density at radius 1 is 1.22 bits per heavy atom. The average Bonchev–Trinajstić information content (AvgIpc) is 2.77. The molecular formula is C13H9Cl2NOS. The summed E-state index contributed by atoms with van der Waals surface area (Å²) in [5.41, 5.74) is 0.577. The fraction of sp³-hybridized carbons (Fsp3) is 0. The molecule has 1 aromatic carbocycles. The Kier molecular flexibility index (Phi) is 4.42. The molecule has 0 spiro atoms. The van der Waals surface area contributed by atoms with Crippen LogP contribution in [0.15, 0.2) is 41.8 Å². The van der Waals surface area contributed by atoms with Crippen molar-refractivity contribution in [2.24, 2.45) is 0 Å². The topological polar surface area (TPSA) is 29.1 Å². The lowest BCUT2D eigenvalue weighted by Crippen LogP contribution is -2.07. The third-order valence-electron chi connectivity index (χ3n) is 2.07. The molecule has 0 saturated carbocycles. The third-order valence-corrected chi connectivity index (χ3v) is 3.35. The largest absolute Gasteiger partial charge is 0.322 e. The maximum atomic E-state index is 11.7. The molecule has 0 saturated heterocycles. The molecule has 0 aliphatic rings. The first kappa shape index (κ1) is 13.1. The number of hydrogen-bond donors (Lipinski definition) is 1. The van der Waals surface area contributed by atoms with Gasteiger partial charge in [0.25, 0.3) is 0 Å². The van der Waals surface area contributed by atoms with Crippen molar-refractivity contribution in [3.8, 4) is 0 Å². The Hall–Kier alpha value is -1.29. The highest BCUT2D eigenvalue weighted by atomic mass is 35.5. The van der Waals surface area contributed by atoms with Gasteiger partial charge in [-0.25, -0.2) is 0 Å². The Morgan fingerprint density at radius 2 is 1.94 bits per heavy atom. The van der Waals surface area contributed by atoms with Crippen molar-refractivity contribution in [3.63, 3.8) is 0 Å². The van der Waals surface area contributed by atoms with Gasteiger partial charge in [-0.1, -0.05) is 29.3 Å². The van der Waals surface area contributed by atoms with Gasteiger partial charge in [0.1, 0.15) is 0 Å². The summed E-state index contributed by atoms with van der Waals surface area (Å²) in [6.07, 6.45) is 3.23. The molecule has 0 aliphatic carbocycles. The van der Waals surface area contributed by atoms with Crippen LogP contribution >= 0.6 is 34.5 Å². The van der Waals surface area contributed by atoms with Gasteiger partial charge in [0.2, 0.25) is 5.91 Å². The zero-order valence-electron chi connectivity index (χ0n) is 9.19. The van der Waals surface area contributed by atoms with E-state index in [0.717, 1.165) is 4.88 Å². The Bertz CT molecular complexity index is 558. The quantitative estimate of drug-likeness (QED) is 0.817. The molecule has 1 amide bonds. The Balaban J connectivity index is 2.03. The number of thiophene rings is 1. The van der Waals surface area contributed by atoms with Crippen LogP contribution in [0.2, 0.25) is 10.0 Å². The van der Waals surface area contributed by atoms with E-state index in [2.05, 4.69) is 5.32 Å². The molecule has 0 aliphatic heterocycles. The summed E-state index contributed by atoms with van der Waals surface area (Å²) in [6.45, 7) is 0. The van der Waals surface area contributed by atoms with E-state index < -0.39 is 0 Å². The number of hydrogen-bond acceptors (Lipinski definition) is 2. The molecule has 0 fully saturated rings. The maximum absolute atomic E-state index is 11.7. The van der Waals surface area contributed by atoms with Crippen molar-refractivity contribution in [1.82, 2.24) is 0 Å². The average molecular weight is 298 g/mol. The number of carbonyl (C=O) groups is 1. The summed E-state index contributed by atoms with van der Waals surface area (Å²) in [6, 6.07) is 8.76. The summed E-state index contributed by atoms with van der Waals surface area (Å²) in [5.74, 6) is -0.221. The first-order valence-electron chi connectivity index (χ1n) is 5.12. The van der Waals surface area contributed by atoms with E-state index in [1.54, 1.807) is 35.6 Å². The van der Waals surface area contributed by atoms with Gasteiger partial charge in [-0.3, -0.25) is 4.79 Å². The van der Waals surface area contributed by atoms with Crippen LogP contribution in [0.25, 0.3) is 6.08 Å². The molecule has 1 aromatic heterocycles. The molecule has 5 heteroatoms. The monoisotopic (exact) mass is 297 g/mol. The predicted octanol–water partition coefficient (Wildman–Crippen LogP) is 4.71. The van der Waals surface area contributed by atoms with Crippen molar-refractivity contribution in [3.05, 3.63) is 56.7 Å². The third kappa shape index (κ3) is 3.88. The molecule has 0 bridgehead atoms. The van der Waals surface area contributed by atoms with Crippen LogP contribution < -0.4 is 5.32 Å². The second-order valence-electron chi connectivity index (χ2n) is 3.50. The van der Waals surface area contributed by atoms with E-state index in [4.69, 9.17) is 23.2 Å². The number of nitrogens with one attached hydrogen (secondary N) is 1. The zero-order valence-corrected chi connectivity index (χ0v) is 11.5. The molecule has 0 atom stereocenters. The van der Waals surface area contributed by atoms with E-state index in [0.29, 0.717) is 15.7 Å². The van der Waals surface area contributed by atoms with Crippen LogP contribution in [-0.2, 0) is 4.79 Å². The minimum Gasteiger partial charge on any atom is -0.322 e. The SMILES string of the molecule is O=C(/C=C/c1cccs1)Nc1cc(Cl)cc(Cl)c1. The Labute approximate surface area is 119 Å². The summed E-state index contributed by atoms with van der Waals surface area (Å²) in [5, 5.41) is 5.62. The molecule has 92 valence electrons. The van der Waals surface area contributed by atoms with E-state index in [-0.39, 0.29) is 5.91 Å². The normalized spacial score (nSPS) is 10.8. The number of rotatable bonds is 3. The van der Waals surface area contributed by atoms with E-state index in [1.165, 1.54) is 6.08 Å². The molecule has 0 unspecified atom stereocenters. The van der Waals surface area contributed by atoms with Crippen LogP contribution in [0.4, 0.5) is 5.69 Å². The molecule has 18 heavy (non-hydrogen) atoms. The van der Waals surface area contributed by atoms with E-state index in [1.807, 2.05) is 17.5 Å². The van der Waals surface area contributed by atoms with E-state index >= 15 is 0 Å². The van der Waals surface area contributed by atoms with Gasteiger partial charge in [-0.05, 0) is 35.7 Å². The van der Waals surface area contributed by atoms with Crippen molar-refractivity contribution < 1.29 is 4.79 Å². The zero-order chi connectivity index (χ0) is 13.0. The molecule has 1 N–H and O–H groups in total. The van der Waals surface area contributed by atoms with Crippen LogP contribution in [0, 0.1) is 0 Å². The highest BCUT2D eigenvalue weighted by Crippen LogP contribution is 2.22. The minimum atomic E-state index is -0.221. The fourth-order valence-corrected chi connectivity index (χ4v) is 2.50. The number of amides is 1. The number of benzene rings is 1. The van der Waals surface area contributed by atoms with Gasteiger partial charge < -0.3 is 5.32 Å². The Morgan fingerprint density at radius 3 is 2.56 bits per heavy atom.